The number of amides is 1. The van der Waals surface area contributed by atoms with E-state index in [0.717, 1.165) is 5.56 Å². The molecule has 3 aromatic rings. The van der Waals surface area contributed by atoms with Gasteiger partial charge in [0.15, 0.2) is 11.5 Å². The maximum atomic E-state index is 13.4. The number of guanidine groups is 1. The molecule has 1 aliphatic heterocycles. The summed E-state index contributed by atoms with van der Waals surface area (Å²) in [5, 5.41) is 0. The van der Waals surface area contributed by atoms with Crippen LogP contribution in [0.1, 0.15) is 16.7 Å². The first kappa shape index (κ1) is 20.4. The molecule has 1 aromatic carbocycles. The van der Waals surface area contributed by atoms with E-state index in [-0.39, 0.29) is 17.6 Å². The van der Waals surface area contributed by atoms with Crippen molar-refractivity contribution in [3.05, 3.63) is 77.7 Å². The van der Waals surface area contributed by atoms with Crippen molar-refractivity contribution in [3.8, 4) is 17.0 Å². The van der Waals surface area contributed by atoms with E-state index < -0.39 is 12.2 Å². The van der Waals surface area contributed by atoms with Gasteiger partial charge in [-0.3, -0.25) is 19.7 Å². The molecule has 0 saturated carbocycles. The number of pyridine rings is 2. The molecular weight excluding hydrogens is 404 g/mol. The monoisotopic (exact) mass is 423 g/mol. The average molecular weight is 423 g/mol. The first-order chi connectivity index (χ1) is 14.8. The van der Waals surface area contributed by atoms with Crippen LogP contribution in [-0.4, -0.2) is 40.4 Å². The van der Waals surface area contributed by atoms with Crippen molar-refractivity contribution in [1.82, 2.24) is 14.9 Å². The third-order valence-electron chi connectivity index (χ3n) is 5.18. The second kappa shape index (κ2) is 7.75. The zero-order chi connectivity index (χ0) is 22.2. The summed E-state index contributed by atoms with van der Waals surface area (Å²) in [6.07, 6.45) is 4.90. The molecule has 0 fully saturated rings. The Labute approximate surface area is 177 Å². The summed E-state index contributed by atoms with van der Waals surface area (Å²) < 4.78 is 29.9. The largest absolute Gasteiger partial charge is 0.435 e. The van der Waals surface area contributed by atoms with Crippen molar-refractivity contribution < 1.29 is 18.3 Å². The number of alkyl halides is 2. The van der Waals surface area contributed by atoms with E-state index in [1.165, 1.54) is 18.0 Å². The molecule has 0 spiro atoms. The molecule has 1 aliphatic rings. The van der Waals surface area contributed by atoms with Gasteiger partial charge in [-0.15, -0.1) is 0 Å². The number of rotatable bonds is 5. The summed E-state index contributed by atoms with van der Waals surface area (Å²) in [6.45, 7) is -1.33. The van der Waals surface area contributed by atoms with E-state index in [1.807, 2.05) is 6.07 Å². The highest BCUT2D eigenvalue weighted by atomic mass is 19.3. The Kier molecular flexibility index (Phi) is 5.10. The van der Waals surface area contributed by atoms with Gasteiger partial charge in [0.05, 0.1) is 5.69 Å². The highest BCUT2D eigenvalue weighted by Crippen LogP contribution is 2.41. The standard InChI is InChI=1S/C22H19F2N5O2/c1-13-10-15(5-6-18(13)31-20(23)24)22(19(30)29(2)21(25)28-22)16-7-9-27-17(11-16)14-4-3-8-26-12-14/h3-12,20H,1-2H3,(H2,25,28). The lowest BCUT2D eigenvalue weighted by Crippen LogP contribution is -2.41. The number of carbonyl (C=O) groups excluding carboxylic acids is 1. The Balaban J connectivity index is 1.90. The fourth-order valence-corrected chi connectivity index (χ4v) is 3.61. The maximum Gasteiger partial charge on any atom is 0.387 e. The van der Waals surface area contributed by atoms with Crippen molar-refractivity contribution in [2.24, 2.45) is 10.7 Å². The SMILES string of the molecule is Cc1cc(C2(c3ccnc(-c4cccnc4)c3)N=C(N)N(C)C2=O)ccc1OC(F)F. The lowest BCUT2D eigenvalue weighted by molar-refractivity contribution is -0.129. The Morgan fingerprint density at radius 3 is 2.52 bits per heavy atom. The van der Waals surface area contributed by atoms with Gasteiger partial charge in [0.2, 0.25) is 0 Å². The summed E-state index contributed by atoms with van der Waals surface area (Å²) >= 11 is 0. The zero-order valence-electron chi connectivity index (χ0n) is 16.8. The van der Waals surface area contributed by atoms with Crippen molar-refractivity contribution in [3.63, 3.8) is 0 Å². The van der Waals surface area contributed by atoms with E-state index >= 15 is 0 Å². The third-order valence-corrected chi connectivity index (χ3v) is 5.18. The zero-order valence-corrected chi connectivity index (χ0v) is 16.8. The molecule has 9 heteroatoms. The van der Waals surface area contributed by atoms with Crippen LogP contribution < -0.4 is 10.5 Å². The second-order valence-electron chi connectivity index (χ2n) is 7.07. The molecule has 158 valence electrons. The van der Waals surface area contributed by atoms with Crippen LogP contribution >= 0.6 is 0 Å². The molecule has 0 radical (unpaired) electrons. The molecular formula is C22H19F2N5O2. The highest BCUT2D eigenvalue weighted by Gasteiger charge is 2.49. The number of halogens is 2. The minimum atomic E-state index is -2.95. The van der Waals surface area contributed by atoms with Gasteiger partial charge in [-0.05, 0) is 60.0 Å². The number of benzene rings is 1. The van der Waals surface area contributed by atoms with Crippen molar-refractivity contribution >= 4 is 11.9 Å². The number of aryl methyl sites for hydroxylation is 1. The number of aromatic nitrogens is 2. The van der Waals surface area contributed by atoms with Crippen LogP contribution in [0, 0.1) is 6.92 Å². The Bertz CT molecular complexity index is 1170. The molecule has 1 unspecified atom stereocenters. The van der Waals surface area contributed by atoms with Gasteiger partial charge in [0.25, 0.3) is 5.91 Å². The Morgan fingerprint density at radius 1 is 1.13 bits per heavy atom. The smallest absolute Gasteiger partial charge is 0.387 e. The number of ether oxygens (including phenoxy) is 1. The molecule has 7 nitrogen and oxygen atoms in total. The minimum absolute atomic E-state index is 0.0235. The fourth-order valence-electron chi connectivity index (χ4n) is 3.61. The summed E-state index contributed by atoms with van der Waals surface area (Å²) in [6, 6.07) is 11.6. The van der Waals surface area contributed by atoms with Crippen LogP contribution in [0.2, 0.25) is 0 Å². The van der Waals surface area contributed by atoms with E-state index in [1.54, 1.807) is 55.8 Å². The minimum Gasteiger partial charge on any atom is -0.435 e. The third kappa shape index (κ3) is 3.48. The van der Waals surface area contributed by atoms with Crippen molar-refractivity contribution in [2.45, 2.75) is 19.1 Å². The van der Waals surface area contributed by atoms with E-state index in [0.29, 0.717) is 22.4 Å². The molecule has 2 N–H and O–H groups in total. The van der Waals surface area contributed by atoms with Crippen LogP contribution in [0.3, 0.4) is 0 Å². The normalized spacial score (nSPS) is 18.4. The Morgan fingerprint density at radius 2 is 1.90 bits per heavy atom. The van der Waals surface area contributed by atoms with Crippen LogP contribution in [0.15, 0.2) is 66.0 Å². The lowest BCUT2D eigenvalue weighted by Gasteiger charge is -2.27. The van der Waals surface area contributed by atoms with Gasteiger partial charge in [-0.25, -0.2) is 4.99 Å². The van der Waals surface area contributed by atoms with E-state index in [2.05, 4.69) is 19.7 Å². The Hall–Kier alpha value is -3.88. The summed E-state index contributed by atoms with van der Waals surface area (Å²) in [7, 11) is 1.53. The van der Waals surface area contributed by atoms with Crippen LogP contribution in [0.4, 0.5) is 8.78 Å². The van der Waals surface area contributed by atoms with Gasteiger partial charge in [0.1, 0.15) is 5.75 Å². The molecule has 0 saturated heterocycles. The van der Waals surface area contributed by atoms with Crippen molar-refractivity contribution in [2.75, 3.05) is 7.05 Å². The van der Waals surface area contributed by atoms with Gasteiger partial charge in [-0.2, -0.15) is 8.78 Å². The number of hydrogen-bond donors (Lipinski definition) is 1. The molecule has 1 atom stereocenters. The number of carbonyl (C=O) groups is 1. The molecule has 2 aromatic heterocycles. The van der Waals surface area contributed by atoms with Gasteiger partial charge < -0.3 is 10.5 Å². The lowest BCUT2D eigenvalue weighted by atomic mass is 9.82. The molecule has 3 heterocycles. The maximum absolute atomic E-state index is 13.4. The molecule has 31 heavy (non-hydrogen) atoms. The number of nitrogens with zero attached hydrogens (tertiary/aromatic N) is 4. The summed E-state index contributed by atoms with van der Waals surface area (Å²) in [4.78, 5) is 27.7. The fraction of sp³-hybridized carbons (Fsp3) is 0.182. The summed E-state index contributed by atoms with van der Waals surface area (Å²) in [5.74, 6) is -0.291. The van der Waals surface area contributed by atoms with Gasteiger partial charge in [-0.1, -0.05) is 6.07 Å². The number of hydrogen-bond acceptors (Lipinski definition) is 6. The molecule has 0 bridgehead atoms. The van der Waals surface area contributed by atoms with Gasteiger partial charge >= 0.3 is 6.61 Å². The quantitative estimate of drug-likeness (QED) is 0.681. The number of aliphatic imine (C=N–C) groups is 1. The van der Waals surface area contributed by atoms with Crippen LogP contribution in [0.5, 0.6) is 5.75 Å². The number of likely N-dealkylation sites (N-methyl/N-ethyl adjacent to an activating group) is 1. The van der Waals surface area contributed by atoms with Crippen molar-refractivity contribution in [1.29, 1.82) is 0 Å². The number of nitrogens with two attached hydrogens (primary N) is 1. The first-order valence-corrected chi connectivity index (χ1v) is 9.39. The topological polar surface area (TPSA) is 93.7 Å². The van der Waals surface area contributed by atoms with Crippen LogP contribution in [0.25, 0.3) is 11.3 Å². The van der Waals surface area contributed by atoms with Gasteiger partial charge in [0, 0.05) is 31.2 Å². The second-order valence-corrected chi connectivity index (χ2v) is 7.07. The predicted molar refractivity (Wildman–Crippen MR) is 110 cm³/mol. The molecule has 4 rings (SSSR count). The average Bonchev–Trinajstić information content (AvgIpc) is 3.00. The summed E-state index contributed by atoms with van der Waals surface area (Å²) in [5.41, 5.74) is 7.37. The van der Waals surface area contributed by atoms with Crippen LogP contribution in [-0.2, 0) is 10.3 Å². The molecule has 1 amide bonds. The molecule has 0 aliphatic carbocycles. The predicted octanol–water partition coefficient (Wildman–Crippen LogP) is 3.08. The van der Waals surface area contributed by atoms with E-state index in [9.17, 15) is 13.6 Å². The highest BCUT2D eigenvalue weighted by molar-refractivity contribution is 6.09. The first-order valence-electron chi connectivity index (χ1n) is 9.39. The van der Waals surface area contributed by atoms with E-state index in [4.69, 9.17) is 5.73 Å².